The van der Waals surface area contributed by atoms with E-state index in [-0.39, 0.29) is 12.2 Å². The molecule has 2 saturated carbocycles. The molecule has 2 aliphatic carbocycles. The van der Waals surface area contributed by atoms with E-state index in [0.29, 0.717) is 32.3 Å². The summed E-state index contributed by atoms with van der Waals surface area (Å²) in [6.07, 6.45) is 9.53. The monoisotopic (exact) mass is 386 g/mol. The summed E-state index contributed by atoms with van der Waals surface area (Å²) in [4.78, 5) is 14.2. The number of ether oxygens (including phenoxy) is 2. The fourth-order valence-corrected chi connectivity index (χ4v) is 5.18. The van der Waals surface area contributed by atoms with Crippen LogP contribution in [0, 0.1) is 11.8 Å². The molecule has 1 N–H and O–H groups in total. The van der Waals surface area contributed by atoms with Crippen molar-refractivity contribution in [2.45, 2.75) is 63.7 Å². The molecule has 4 atom stereocenters. The van der Waals surface area contributed by atoms with Crippen molar-refractivity contribution in [2.75, 3.05) is 26.2 Å². The molecule has 5 heteroatoms. The highest BCUT2D eigenvalue weighted by Crippen LogP contribution is 2.40. The van der Waals surface area contributed by atoms with Crippen LogP contribution in [0.2, 0.25) is 0 Å². The second-order valence-corrected chi connectivity index (χ2v) is 8.70. The van der Waals surface area contributed by atoms with Crippen LogP contribution in [-0.2, 0) is 16.1 Å². The number of rotatable bonds is 5. The van der Waals surface area contributed by atoms with Crippen LogP contribution in [0.5, 0.6) is 0 Å². The van der Waals surface area contributed by atoms with Crippen molar-refractivity contribution in [2.24, 2.45) is 11.8 Å². The van der Waals surface area contributed by atoms with Crippen LogP contribution < -0.4 is 5.32 Å². The van der Waals surface area contributed by atoms with Gasteiger partial charge in [0.05, 0.1) is 19.3 Å². The number of benzene rings is 1. The second kappa shape index (κ2) is 9.75. The molecule has 1 amide bonds. The molecule has 1 aromatic carbocycles. The van der Waals surface area contributed by atoms with Gasteiger partial charge in [-0.3, -0.25) is 0 Å². The third-order valence-electron chi connectivity index (χ3n) is 6.78. The summed E-state index contributed by atoms with van der Waals surface area (Å²) >= 11 is 0. The molecule has 0 aromatic heterocycles. The highest BCUT2D eigenvalue weighted by atomic mass is 16.6. The summed E-state index contributed by atoms with van der Waals surface area (Å²) in [5, 5.41) is 3.74. The van der Waals surface area contributed by atoms with Crippen LogP contribution in [-0.4, -0.2) is 49.4 Å². The van der Waals surface area contributed by atoms with E-state index in [1.807, 2.05) is 30.3 Å². The molecule has 154 valence electrons. The maximum atomic E-state index is 12.4. The first-order chi connectivity index (χ1) is 13.8. The molecular formula is C23H34N2O3. The Morgan fingerprint density at radius 2 is 1.93 bits per heavy atom. The van der Waals surface area contributed by atoms with E-state index in [4.69, 9.17) is 9.47 Å². The third kappa shape index (κ3) is 5.26. The molecule has 3 fully saturated rings. The van der Waals surface area contributed by atoms with Gasteiger partial charge in [-0.15, -0.1) is 0 Å². The zero-order chi connectivity index (χ0) is 19.2. The number of morpholine rings is 1. The Bertz CT molecular complexity index is 624. The molecule has 1 heterocycles. The van der Waals surface area contributed by atoms with Gasteiger partial charge in [0.2, 0.25) is 0 Å². The predicted molar refractivity (Wildman–Crippen MR) is 109 cm³/mol. The lowest BCUT2D eigenvalue weighted by Crippen LogP contribution is -2.51. The summed E-state index contributed by atoms with van der Waals surface area (Å²) in [6.45, 7) is 2.95. The highest BCUT2D eigenvalue weighted by molar-refractivity contribution is 5.67. The summed E-state index contributed by atoms with van der Waals surface area (Å²) in [6, 6.07) is 10.4. The van der Waals surface area contributed by atoms with E-state index < -0.39 is 0 Å². The molecular weight excluding hydrogens is 352 g/mol. The molecule has 0 bridgehead atoms. The molecule has 28 heavy (non-hydrogen) atoms. The first-order valence-corrected chi connectivity index (χ1v) is 11.1. The summed E-state index contributed by atoms with van der Waals surface area (Å²) in [7, 11) is 0. The SMILES string of the molecule is O=C(OCc1ccccc1)N1CCOC(CNC2CCC3CCCCC3C2)C1. The fourth-order valence-electron chi connectivity index (χ4n) is 5.18. The van der Waals surface area contributed by atoms with Gasteiger partial charge in [0.15, 0.2) is 0 Å². The van der Waals surface area contributed by atoms with Crippen molar-refractivity contribution in [1.82, 2.24) is 10.2 Å². The Hall–Kier alpha value is -1.59. The van der Waals surface area contributed by atoms with E-state index in [1.165, 1.54) is 44.9 Å². The van der Waals surface area contributed by atoms with Crippen LogP contribution in [0.25, 0.3) is 0 Å². The van der Waals surface area contributed by atoms with Crippen molar-refractivity contribution in [1.29, 1.82) is 0 Å². The molecule has 1 aromatic rings. The van der Waals surface area contributed by atoms with Crippen LogP contribution in [0.15, 0.2) is 30.3 Å². The van der Waals surface area contributed by atoms with Gasteiger partial charge >= 0.3 is 6.09 Å². The molecule has 5 nitrogen and oxygen atoms in total. The molecule has 1 aliphatic heterocycles. The normalized spacial score (nSPS) is 30.5. The minimum atomic E-state index is -0.236. The maximum Gasteiger partial charge on any atom is 0.410 e. The first kappa shape index (κ1) is 19.7. The van der Waals surface area contributed by atoms with Gasteiger partial charge in [-0.25, -0.2) is 4.79 Å². The lowest BCUT2D eigenvalue weighted by molar-refractivity contribution is -0.0291. The van der Waals surface area contributed by atoms with Crippen molar-refractivity contribution >= 4 is 6.09 Å². The first-order valence-electron chi connectivity index (χ1n) is 11.1. The quantitative estimate of drug-likeness (QED) is 0.832. The third-order valence-corrected chi connectivity index (χ3v) is 6.78. The average Bonchev–Trinajstić information content (AvgIpc) is 2.77. The highest BCUT2D eigenvalue weighted by Gasteiger charge is 2.33. The largest absolute Gasteiger partial charge is 0.445 e. The zero-order valence-corrected chi connectivity index (χ0v) is 16.9. The van der Waals surface area contributed by atoms with Crippen molar-refractivity contribution in [3.63, 3.8) is 0 Å². The van der Waals surface area contributed by atoms with E-state index in [2.05, 4.69) is 5.32 Å². The Morgan fingerprint density at radius 1 is 1.11 bits per heavy atom. The van der Waals surface area contributed by atoms with Crippen molar-refractivity contribution in [3.05, 3.63) is 35.9 Å². The number of hydrogen-bond acceptors (Lipinski definition) is 4. The zero-order valence-electron chi connectivity index (χ0n) is 16.9. The van der Waals surface area contributed by atoms with Crippen LogP contribution in [0.3, 0.4) is 0 Å². The van der Waals surface area contributed by atoms with E-state index >= 15 is 0 Å². The van der Waals surface area contributed by atoms with E-state index in [0.717, 1.165) is 23.9 Å². The molecule has 4 rings (SSSR count). The Balaban J connectivity index is 1.19. The van der Waals surface area contributed by atoms with Crippen LogP contribution in [0.1, 0.15) is 50.5 Å². The number of carbonyl (C=O) groups excluding carboxylic acids is 1. The molecule has 0 radical (unpaired) electrons. The minimum absolute atomic E-state index is 0.0575. The minimum Gasteiger partial charge on any atom is -0.445 e. The maximum absolute atomic E-state index is 12.4. The summed E-state index contributed by atoms with van der Waals surface area (Å²) < 4.78 is 11.4. The molecule has 4 unspecified atom stereocenters. The predicted octanol–water partition coefficient (Wildman–Crippen LogP) is 3.97. The lowest BCUT2D eigenvalue weighted by atomic mass is 9.69. The van der Waals surface area contributed by atoms with Gasteiger partial charge in [-0.1, -0.05) is 56.0 Å². The summed E-state index contributed by atoms with van der Waals surface area (Å²) in [5.41, 5.74) is 1.01. The second-order valence-electron chi connectivity index (χ2n) is 8.70. The Labute approximate surface area is 168 Å². The smallest absolute Gasteiger partial charge is 0.410 e. The number of nitrogens with one attached hydrogen (secondary N) is 1. The molecule has 3 aliphatic rings. The van der Waals surface area contributed by atoms with Gasteiger partial charge in [0, 0.05) is 19.1 Å². The van der Waals surface area contributed by atoms with Crippen LogP contribution in [0.4, 0.5) is 4.79 Å². The van der Waals surface area contributed by atoms with Gasteiger partial charge in [-0.2, -0.15) is 0 Å². The standard InChI is InChI=1S/C23H34N2O3/c26-23(28-17-18-6-2-1-3-7-18)25-12-13-27-22(16-25)15-24-21-11-10-19-8-4-5-9-20(19)14-21/h1-3,6-7,19-22,24H,4-5,8-17H2. The van der Waals surface area contributed by atoms with E-state index in [1.54, 1.807) is 4.90 Å². The van der Waals surface area contributed by atoms with Gasteiger partial charge < -0.3 is 19.7 Å². The number of carbonyl (C=O) groups is 1. The topological polar surface area (TPSA) is 50.8 Å². The van der Waals surface area contributed by atoms with Crippen molar-refractivity contribution in [3.8, 4) is 0 Å². The number of amides is 1. The van der Waals surface area contributed by atoms with Crippen molar-refractivity contribution < 1.29 is 14.3 Å². The summed E-state index contributed by atoms with van der Waals surface area (Å²) in [5.74, 6) is 1.91. The van der Waals surface area contributed by atoms with Gasteiger partial charge in [0.1, 0.15) is 6.61 Å². The van der Waals surface area contributed by atoms with Gasteiger partial charge in [-0.05, 0) is 36.7 Å². The molecule has 0 spiro atoms. The average molecular weight is 387 g/mol. The lowest BCUT2D eigenvalue weighted by Gasteiger charge is -2.40. The van der Waals surface area contributed by atoms with Crippen LogP contribution >= 0.6 is 0 Å². The number of nitrogens with zero attached hydrogens (tertiary/aromatic N) is 1. The van der Waals surface area contributed by atoms with E-state index in [9.17, 15) is 4.79 Å². The van der Waals surface area contributed by atoms with Gasteiger partial charge in [0.25, 0.3) is 0 Å². The number of fused-ring (bicyclic) bond motifs is 1. The molecule has 1 saturated heterocycles. The fraction of sp³-hybridized carbons (Fsp3) is 0.696. The number of hydrogen-bond donors (Lipinski definition) is 1. The Morgan fingerprint density at radius 3 is 2.79 bits per heavy atom. The Kier molecular flexibility index (Phi) is 6.86.